The summed E-state index contributed by atoms with van der Waals surface area (Å²) in [7, 11) is 0. The van der Waals surface area contributed by atoms with Crippen LogP contribution in [0.2, 0.25) is 0 Å². The first-order valence-corrected chi connectivity index (χ1v) is 6.82. The second-order valence-electron chi connectivity index (χ2n) is 5.41. The monoisotopic (exact) mass is 338 g/mol. The Hall–Kier alpha value is -1.82. The summed E-state index contributed by atoms with van der Waals surface area (Å²) < 4.78 is 7.32. The zero-order chi connectivity index (χ0) is 15.1. The van der Waals surface area contributed by atoms with Crippen molar-refractivity contribution in [2.75, 3.05) is 0 Å². The summed E-state index contributed by atoms with van der Waals surface area (Å²) in [5, 5.41) is 0.743. The standard InChI is InChI=1S/C14H15BrN2O3/c1-14(2,3)20-13(19)17-10-7-9(15)5-4-8(10)6-11(17)12(16)18/h4-7H,1-3H3,(H2,16,18). The molecule has 0 atom stereocenters. The minimum atomic E-state index is -0.678. The number of primary amides is 1. The predicted octanol–water partition coefficient (Wildman–Crippen LogP) is 3.29. The van der Waals surface area contributed by atoms with Gasteiger partial charge in [0.05, 0.1) is 5.52 Å². The molecule has 0 aliphatic carbocycles. The minimum absolute atomic E-state index is 0.104. The van der Waals surface area contributed by atoms with E-state index >= 15 is 0 Å². The van der Waals surface area contributed by atoms with Gasteiger partial charge in [0.25, 0.3) is 5.91 Å². The molecule has 2 aromatic rings. The largest absolute Gasteiger partial charge is 0.443 e. The third kappa shape index (κ3) is 2.85. The van der Waals surface area contributed by atoms with Crippen LogP contribution in [-0.2, 0) is 4.74 Å². The van der Waals surface area contributed by atoms with E-state index in [1.807, 2.05) is 6.07 Å². The van der Waals surface area contributed by atoms with E-state index in [-0.39, 0.29) is 5.69 Å². The third-order valence-corrected chi connectivity index (χ3v) is 3.09. The van der Waals surface area contributed by atoms with Gasteiger partial charge in [0, 0.05) is 9.86 Å². The van der Waals surface area contributed by atoms with E-state index in [4.69, 9.17) is 10.5 Å². The minimum Gasteiger partial charge on any atom is -0.443 e. The molecular formula is C14H15BrN2O3. The number of benzene rings is 1. The molecular weight excluding hydrogens is 324 g/mol. The fraction of sp³-hybridized carbons (Fsp3) is 0.286. The van der Waals surface area contributed by atoms with Crippen LogP contribution in [0.1, 0.15) is 31.3 Å². The molecule has 5 nitrogen and oxygen atoms in total. The summed E-state index contributed by atoms with van der Waals surface area (Å²) in [6.07, 6.45) is -0.626. The molecule has 0 radical (unpaired) electrons. The quantitative estimate of drug-likeness (QED) is 0.866. The average molecular weight is 339 g/mol. The number of halogens is 1. The Kier molecular flexibility index (Phi) is 3.60. The van der Waals surface area contributed by atoms with Gasteiger partial charge in [0.1, 0.15) is 11.3 Å². The van der Waals surface area contributed by atoms with Gasteiger partial charge in [-0.15, -0.1) is 0 Å². The van der Waals surface area contributed by atoms with E-state index in [2.05, 4.69) is 15.9 Å². The Morgan fingerprint density at radius 1 is 1.25 bits per heavy atom. The molecule has 1 aromatic carbocycles. The Balaban J connectivity index is 2.65. The Bertz CT molecular complexity index is 698. The molecule has 0 spiro atoms. The second-order valence-corrected chi connectivity index (χ2v) is 6.33. The molecule has 0 saturated heterocycles. The number of hydrogen-bond acceptors (Lipinski definition) is 3. The second kappa shape index (κ2) is 4.94. The number of fused-ring (bicyclic) bond motifs is 1. The fourth-order valence-corrected chi connectivity index (χ4v) is 2.21. The number of hydrogen-bond donors (Lipinski definition) is 1. The van der Waals surface area contributed by atoms with E-state index in [9.17, 15) is 9.59 Å². The van der Waals surface area contributed by atoms with Gasteiger partial charge in [-0.25, -0.2) is 9.36 Å². The number of rotatable bonds is 1. The summed E-state index contributed by atoms with van der Waals surface area (Å²) in [4.78, 5) is 23.8. The molecule has 6 heteroatoms. The molecule has 0 aliphatic rings. The molecule has 0 aliphatic heterocycles. The molecule has 1 amide bonds. The number of amides is 1. The SMILES string of the molecule is CC(C)(C)OC(=O)n1c(C(N)=O)cc2ccc(Br)cc21. The average Bonchev–Trinajstić information content (AvgIpc) is 2.65. The van der Waals surface area contributed by atoms with Gasteiger partial charge in [-0.05, 0) is 39.0 Å². The molecule has 0 fully saturated rings. The Morgan fingerprint density at radius 2 is 1.90 bits per heavy atom. The Labute approximate surface area is 124 Å². The van der Waals surface area contributed by atoms with Gasteiger partial charge >= 0.3 is 6.09 Å². The highest BCUT2D eigenvalue weighted by molar-refractivity contribution is 9.10. The lowest BCUT2D eigenvalue weighted by Gasteiger charge is -2.20. The normalized spacial score (nSPS) is 11.6. The van der Waals surface area contributed by atoms with Crippen molar-refractivity contribution in [2.24, 2.45) is 5.73 Å². The van der Waals surface area contributed by atoms with Crippen molar-refractivity contribution in [1.82, 2.24) is 4.57 Å². The van der Waals surface area contributed by atoms with Crippen LogP contribution in [0.5, 0.6) is 0 Å². The van der Waals surface area contributed by atoms with Crippen LogP contribution in [0.25, 0.3) is 10.9 Å². The van der Waals surface area contributed by atoms with Crippen molar-refractivity contribution in [1.29, 1.82) is 0 Å². The van der Waals surface area contributed by atoms with Crippen molar-refractivity contribution in [3.8, 4) is 0 Å². The van der Waals surface area contributed by atoms with Crippen LogP contribution in [0.3, 0.4) is 0 Å². The number of nitrogens with zero attached hydrogens (tertiary/aromatic N) is 1. The van der Waals surface area contributed by atoms with Crippen molar-refractivity contribution in [3.63, 3.8) is 0 Å². The van der Waals surface area contributed by atoms with E-state index < -0.39 is 17.6 Å². The summed E-state index contributed by atoms with van der Waals surface area (Å²) in [5.74, 6) is -0.678. The van der Waals surface area contributed by atoms with E-state index in [1.165, 1.54) is 4.57 Å². The van der Waals surface area contributed by atoms with Crippen LogP contribution in [0.15, 0.2) is 28.7 Å². The van der Waals surface area contributed by atoms with Gasteiger partial charge in [0.15, 0.2) is 0 Å². The van der Waals surface area contributed by atoms with Crippen LogP contribution in [0, 0.1) is 0 Å². The lowest BCUT2D eigenvalue weighted by atomic mass is 10.2. The van der Waals surface area contributed by atoms with Crippen LogP contribution in [-0.4, -0.2) is 22.2 Å². The first kappa shape index (κ1) is 14.6. The maximum Gasteiger partial charge on any atom is 0.419 e. The number of carbonyl (C=O) groups excluding carboxylic acids is 2. The predicted molar refractivity (Wildman–Crippen MR) is 79.8 cm³/mol. The first-order valence-electron chi connectivity index (χ1n) is 6.03. The van der Waals surface area contributed by atoms with Crippen molar-refractivity contribution >= 4 is 38.8 Å². The molecule has 0 saturated carbocycles. The molecule has 0 bridgehead atoms. The number of carbonyl (C=O) groups is 2. The maximum absolute atomic E-state index is 12.3. The Morgan fingerprint density at radius 3 is 2.45 bits per heavy atom. The van der Waals surface area contributed by atoms with Crippen molar-refractivity contribution < 1.29 is 14.3 Å². The van der Waals surface area contributed by atoms with Gasteiger partial charge in [-0.1, -0.05) is 22.0 Å². The summed E-state index contributed by atoms with van der Waals surface area (Å²) in [5.41, 5.74) is 5.36. The zero-order valence-electron chi connectivity index (χ0n) is 11.4. The first-order chi connectivity index (χ1) is 9.19. The lowest BCUT2D eigenvalue weighted by Crippen LogP contribution is -2.29. The van der Waals surface area contributed by atoms with Gasteiger partial charge in [0.2, 0.25) is 0 Å². The van der Waals surface area contributed by atoms with E-state index in [1.54, 1.807) is 39.0 Å². The highest BCUT2D eigenvalue weighted by atomic mass is 79.9. The van der Waals surface area contributed by atoms with Crippen LogP contribution < -0.4 is 5.73 Å². The zero-order valence-corrected chi connectivity index (χ0v) is 13.0. The number of ether oxygens (including phenoxy) is 1. The molecule has 1 aromatic heterocycles. The van der Waals surface area contributed by atoms with Gasteiger partial charge in [-0.2, -0.15) is 0 Å². The van der Waals surface area contributed by atoms with Crippen LogP contribution in [0.4, 0.5) is 4.79 Å². The van der Waals surface area contributed by atoms with E-state index in [0.29, 0.717) is 5.52 Å². The van der Waals surface area contributed by atoms with E-state index in [0.717, 1.165) is 9.86 Å². The number of nitrogens with two attached hydrogens (primary N) is 1. The lowest BCUT2D eigenvalue weighted by molar-refractivity contribution is 0.0535. The highest BCUT2D eigenvalue weighted by Gasteiger charge is 2.24. The molecule has 1 heterocycles. The highest BCUT2D eigenvalue weighted by Crippen LogP contribution is 2.25. The molecule has 2 rings (SSSR count). The third-order valence-electron chi connectivity index (χ3n) is 2.60. The summed E-state index contributed by atoms with van der Waals surface area (Å²) in [6.45, 7) is 5.28. The smallest absolute Gasteiger partial charge is 0.419 e. The van der Waals surface area contributed by atoms with Crippen molar-refractivity contribution in [3.05, 3.63) is 34.4 Å². The molecule has 106 valence electrons. The molecule has 0 unspecified atom stereocenters. The summed E-state index contributed by atoms with van der Waals surface area (Å²) in [6, 6.07) is 6.94. The van der Waals surface area contributed by atoms with Gasteiger partial charge < -0.3 is 10.5 Å². The van der Waals surface area contributed by atoms with Gasteiger partial charge in [-0.3, -0.25) is 4.79 Å². The topological polar surface area (TPSA) is 74.3 Å². The molecule has 20 heavy (non-hydrogen) atoms. The fourth-order valence-electron chi connectivity index (χ4n) is 1.86. The van der Waals surface area contributed by atoms with Crippen LogP contribution >= 0.6 is 15.9 Å². The summed E-state index contributed by atoms with van der Waals surface area (Å²) >= 11 is 3.34. The molecule has 2 N–H and O–H groups in total. The maximum atomic E-state index is 12.3. The number of aromatic nitrogens is 1. The van der Waals surface area contributed by atoms with Crippen molar-refractivity contribution in [2.45, 2.75) is 26.4 Å².